The Morgan fingerprint density at radius 3 is 2.73 bits per heavy atom. The van der Waals surface area contributed by atoms with Crippen molar-refractivity contribution in [1.29, 1.82) is 0 Å². The van der Waals surface area contributed by atoms with E-state index in [1.54, 1.807) is 36.4 Å². The molecule has 0 bridgehead atoms. The lowest BCUT2D eigenvalue weighted by atomic mass is 9.96. The van der Waals surface area contributed by atoms with Crippen LogP contribution in [0.15, 0.2) is 36.9 Å². The summed E-state index contributed by atoms with van der Waals surface area (Å²) in [4.78, 5) is 16.1. The van der Waals surface area contributed by atoms with Crippen molar-refractivity contribution in [3.63, 3.8) is 0 Å². The van der Waals surface area contributed by atoms with Crippen molar-refractivity contribution in [3.8, 4) is 0 Å². The summed E-state index contributed by atoms with van der Waals surface area (Å²) in [6.45, 7) is 4.38. The summed E-state index contributed by atoms with van der Waals surface area (Å²) in [5.41, 5.74) is 6.90. The number of hydrogen-bond acceptors (Lipinski definition) is 4. The molecule has 3 N–H and O–H groups in total. The van der Waals surface area contributed by atoms with Crippen molar-refractivity contribution in [2.45, 2.75) is 38.8 Å². The normalized spacial score (nSPS) is 13.0. The smallest absolute Gasteiger partial charge is 0.244 e. The van der Waals surface area contributed by atoms with Crippen LogP contribution in [0.3, 0.4) is 0 Å². The molecule has 6 nitrogen and oxygen atoms in total. The minimum absolute atomic E-state index is 0. The van der Waals surface area contributed by atoms with Gasteiger partial charge >= 0.3 is 0 Å². The third-order valence-corrected chi connectivity index (χ3v) is 3.27. The number of nitrogens with zero attached hydrogens (tertiary/aromatic N) is 3. The molecule has 120 valence electrons. The Labute approximate surface area is 136 Å². The second kappa shape index (κ2) is 7.91. The van der Waals surface area contributed by atoms with Crippen LogP contribution in [-0.2, 0) is 11.3 Å². The number of nitrogens with two attached hydrogens (primary N) is 1. The van der Waals surface area contributed by atoms with Crippen molar-refractivity contribution < 1.29 is 4.79 Å². The van der Waals surface area contributed by atoms with Crippen molar-refractivity contribution in [1.82, 2.24) is 14.8 Å². The minimum Gasteiger partial charge on any atom is -0.322 e. The molecule has 2 aromatic rings. The fourth-order valence-corrected chi connectivity index (χ4v) is 2.10. The van der Waals surface area contributed by atoms with Gasteiger partial charge in [0.05, 0.1) is 24.0 Å². The Morgan fingerprint density at radius 2 is 2.09 bits per heavy atom. The lowest BCUT2D eigenvalue weighted by molar-refractivity contribution is -0.120. The first-order valence-corrected chi connectivity index (χ1v) is 7.03. The number of nitrogens with one attached hydrogen (secondary N) is 1. The molecule has 0 aromatic carbocycles. The fraction of sp³-hybridized carbons (Fsp3) is 0.400. The molecule has 0 aliphatic heterocycles. The van der Waals surface area contributed by atoms with Gasteiger partial charge in [-0.25, -0.2) is 0 Å². The highest BCUT2D eigenvalue weighted by molar-refractivity contribution is 5.97. The van der Waals surface area contributed by atoms with Gasteiger partial charge in [-0.1, -0.05) is 13.3 Å². The van der Waals surface area contributed by atoms with Crippen LogP contribution in [0, 0.1) is 0 Å². The molecule has 0 aliphatic carbocycles. The predicted octanol–water partition coefficient (Wildman–Crippen LogP) is 2.20. The van der Waals surface area contributed by atoms with E-state index in [0.717, 1.165) is 12.0 Å². The fourth-order valence-electron chi connectivity index (χ4n) is 2.10. The molecule has 1 amide bonds. The Hall–Kier alpha value is -1.92. The molecule has 0 saturated heterocycles. The highest BCUT2D eigenvalue weighted by Crippen LogP contribution is 2.13. The van der Waals surface area contributed by atoms with Crippen LogP contribution in [-0.4, -0.2) is 26.2 Å². The molecule has 0 aliphatic rings. The van der Waals surface area contributed by atoms with Gasteiger partial charge in [-0.2, -0.15) is 5.10 Å². The molecule has 1 unspecified atom stereocenters. The summed E-state index contributed by atoms with van der Waals surface area (Å²) in [5.74, 6) is -0.187. The first-order chi connectivity index (χ1) is 10.0. The van der Waals surface area contributed by atoms with Crippen molar-refractivity contribution in [3.05, 3.63) is 42.5 Å². The summed E-state index contributed by atoms with van der Waals surface area (Å²) < 4.78 is 1.76. The molecule has 2 aromatic heterocycles. The number of halogens is 1. The maximum Gasteiger partial charge on any atom is 0.244 e. The second-order valence-corrected chi connectivity index (χ2v) is 5.40. The van der Waals surface area contributed by atoms with Crippen LogP contribution < -0.4 is 11.1 Å². The van der Waals surface area contributed by atoms with E-state index >= 15 is 0 Å². The van der Waals surface area contributed by atoms with Crippen LogP contribution in [0.1, 0.15) is 32.3 Å². The third kappa shape index (κ3) is 4.82. The number of amides is 1. The number of anilines is 1. The summed E-state index contributed by atoms with van der Waals surface area (Å²) in [6.07, 6.45) is 8.41. The molecular formula is C15H22ClN5O. The highest BCUT2D eigenvalue weighted by Gasteiger charge is 2.27. The van der Waals surface area contributed by atoms with Gasteiger partial charge < -0.3 is 11.1 Å². The summed E-state index contributed by atoms with van der Waals surface area (Å²) in [6, 6.07) is 3.86. The van der Waals surface area contributed by atoms with Crippen LogP contribution in [0.5, 0.6) is 0 Å². The monoisotopic (exact) mass is 323 g/mol. The molecular weight excluding hydrogens is 302 g/mol. The number of pyridine rings is 1. The lowest BCUT2D eigenvalue weighted by Gasteiger charge is -2.22. The number of hydrogen-bond donors (Lipinski definition) is 2. The maximum atomic E-state index is 12.1. The van der Waals surface area contributed by atoms with Crippen molar-refractivity contribution in [2.24, 2.45) is 5.73 Å². The van der Waals surface area contributed by atoms with Gasteiger partial charge in [0.25, 0.3) is 0 Å². The quantitative estimate of drug-likeness (QED) is 0.853. The van der Waals surface area contributed by atoms with Gasteiger partial charge in [-0.05, 0) is 31.0 Å². The standard InChI is InChI=1S/C15H21N5O.ClH/c1-3-6-15(2,16)14(21)19-13-9-18-20(11-13)10-12-4-7-17-8-5-12;/h4-5,7-9,11H,3,6,10,16H2,1-2H3,(H,19,21);1H. The molecule has 7 heteroatoms. The minimum atomic E-state index is -0.859. The summed E-state index contributed by atoms with van der Waals surface area (Å²) in [5, 5.41) is 7.05. The molecule has 0 fully saturated rings. The first kappa shape index (κ1) is 18.1. The van der Waals surface area contributed by atoms with Gasteiger partial charge in [0, 0.05) is 18.6 Å². The Bertz CT molecular complexity index is 597. The van der Waals surface area contributed by atoms with Crippen molar-refractivity contribution >= 4 is 24.0 Å². The van der Waals surface area contributed by atoms with Gasteiger partial charge in [0.2, 0.25) is 5.91 Å². The molecule has 2 rings (SSSR count). The van der Waals surface area contributed by atoms with E-state index in [-0.39, 0.29) is 18.3 Å². The number of aromatic nitrogens is 3. The first-order valence-electron chi connectivity index (χ1n) is 7.03. The molecule has 0 saturated carbocycles. The SMILES string of the molecule is CCCC(C)(N)C(=O)Nc1cnn(Cc2ccncc2)c1.Cl. The number of carbonyl (C=O) groups is 1. The second-order valence-electron chi connectivity index (χ2n) is 5.40. The van der Waals surface area contributed by atoms with E-state index in [1.165, 1.54) is 0 Å². The zero-order valence-corrected chi connectivity index (χ0v) is 13.6. The molecule has 0 spiro atoms. The molecule has 2 heterocycles. The van der Waals surface area contributed by atoms with E-state index in [1.807, 2.05) is 19.1 Å². The Kier molecular flexibility index (Phi) is 6.52. The number of rotatable bonds is 6. The van der Waals surface area contributed by atoms with E-state index < -0.39 is 5.54 Å². The predicted molar refractivity (Wildman–Crippen MR) is 88.9 cm³/mol. The van der Waals surface area contributed by atoms with Crippen LogP contribution in [0.4, 0.5) is 5.69 Å². The van der Waals surface area contributed by atoms with Gasteiger partial charge in [0.15, 0.2) is 0 Å². The molecule has 0 radical (unpaired) electrons. The van der Waals surface area contributed by atoms with Gasteiger partial charge in [-0.3, -0.25) is 14.5 Å². The highest BCUT2D eigenvalue weighted by atomic mass is 35.5. The van der Waals surface area contributed by atoms with Crippen molar-refractivity contribution in [2.75, 3.05) is 5.32 Å². The molecule has 22 heavy (non-hydrogen) atoms. The largest absolute Gasteiger partial charge is 0.322 e. The average molecular weight is 324 g/mol. The third-order valence-electron chi connectivity index (χ3n) is 3.27. The Morgan fingerprint density at radius 1 is 1.41 bits per heavy atom. The van der Waals surface area contributed by atoms with E-state index in [4.69, 9.17) is 5.73 Å². The van der Waals surface area contributed by atoms with Crippen LogP contribution in [0.2, 0.25) is 0 Å². The van der Waals surface area contributed by atoms with Gasteiger partial charge in [-0.15, -0.1) is 12.4 Å². The lowest BCUT2D eigenvalue weighted by Crippen LogP contribution is -2.48. The van der Waals surface area contributed by atoms with Crippen LogP contribution >= 0.6 is 12.4 Å². The van der Waals surface area contributed by atoms with E-state index in [2.05, 4.69) is 15.4 Å². The summed E-state index contributed by atoms with van der Waals surface area (Å²) >= 11 is 0. The topological polar surface area (TPSA) is 85.8 Å². The van der Waals surface area contributed by atoms with Crippen LogP contribution in [0.25, 0.3) is 0 Å². The summed E-state index contributed by atoms with van der Waals surface area (Å²) in [7, 11) is 0. The zero-order valence-electron chi connectivity index (χ0n) is 12.8. The average Bonchev–Trinajstić information content (AvgIpc) is 2.87. The number of carbonyl (C=O) groups excluding carboxylic acids is 1. The molecule has 1 atom stereocenters. The van der Waals surface area contributed by atoms with Gasteiger partial charge in [0.1, 0.15) is 0 Å². The Balaban J connectivity index is 0.00000242. The van der Waals surface area contributed by atoms with E-state index in [9.17, 15) is 4.79 Å². The van der Waals surface area contributed by atoms with E-state index in [0.29, 0.717) is 18.7 Å². The maximum absolute atomic E-state index is 12.1. The zero-order chi connectivity index (χ0) is 15.3.